The van der Waals surface area contributed by atoms with Crippen molar-refractivity contribution in [1.29, 1.82) is 0 Å². The number of hydrogen-bond donors (Lipinski definition) is 1. The van der Waals surface area contributed by atoms with Crippen LogP contribution in [0.5, 0.6) is 0 Å². The predicted molar refractivity (Wildman–Crippen MR) is 84.2 cm³/mol. The Balaban J connectivity index is 1.90. The molecule has 2 rings (SSSR count). The molecule has 0 spiro atoms. The maximum absolute atomic E-state index is 4.18. The molecular formula is C14H19N3S2. The van der Waals surface area contributed by atoms with Gasteiger partial charge in [-0.3, -0.25) is 0 Å². The monoisotopic (exact) mass is 293 g/mol. The van der Waals surface area contributed by atoms with Crippen LogP contribution < -0.4 is 5.32 Å². The maximum Gasteiger partial charge on any atom is 0.205 e. The van der Waals surface area contributed by atoms with E-state index in [1.54, 1.807) is 23.1 Å². The van der Waals surface area contributed by atoms with Crippen molar-refractivity contribution in [1.82, 2.24) is 10.2 Å². The van der Waals surface area contributed by atoms with Crippen molar-refractivity contribution in [3.8, 4) is 0 Å². The number of thioether (sulfide) groups is 1. The van der Waals surface area contributed by atoms with Crippen molar-refractivity contribution in [2.45, 2.75) is 37.3 Å². The highest BCUT2D eigenvalue weighted by Gasteiger charge is 2.04. The first-order valence-electron chi connectivity index (χ1n) is 6.48. The van der Waals surface area contributed by atoms with Crippen molar-refractivity contribution in [2.24, 2.45) is 0 Å². The summed E-state index contributed by atoms with van der Waals surface area (Å²) in [6.45, 7) is 7.38. The number of nitrogens with zero attached hydrogens (tertiary/aromatic N) is 2. The molecule has 0 bridgehead atoms. The standard InChI is InChI=1S/C14H19N3S2/c1-4-15-14-17-16-13(19-14)9-18-12-7-5-11(6-8-12)10(2)3/h5-8,10H,4,9H2,1-3H3,(H,15,17). The Morgan fingerprint density at radius 1 is 1.21 bits per heavy atom. The van der Waals surface area contributed by atoms with Crippen molar-refractivity contribution in [3.63, 3.8) is 0 Å². The molecule has 102 valence electrons. The molecule has 1 aromatic heterocycles. The molecule has 0 fully saturated rings. The summed E-state index contributed by atoms with van der Waals surface area (Å²) in [5.41, 5.74) is 1.38. The molecule has 0 aliphatic rings. The topological polar surface area (TPSA) is 37.8 Å². The number of hydrogen-bond acceptors (Lipinski definition) is 5. The van der Waals surface area contributed by atoms with E-state index >= 15 is 0 Å². The summed E-state index contributed by atoms with van der Waals surface area (Å²) in [6.07, 6.45) is 0. The molecule has 0 radical (unpaired) electrons. The largest absolute Gasteiger partial charge is 0.360 e. The average Bonchev–Trinajstić information content (AvgIpc) is 2.85. The summed E-state index contributed by atoms with van der Waals surface area (Å²) in [5.74, 6) is 1.47. The van der Waals surface area contributed by atoms with Crippen molar-refractivity contribution in [2.75, 3.05) is 11.9 Å². The van der Waals surface area contributed by atoms with Crippen molar-refractivity contribution in [3.05, 3.63) is 34.8 Å². The van der Waals surface area contributed by atoms with Crippen LogP contribution in [0.2, 0.25) is 0 Å². The van der Waals surface area contributed by atoms with Gasteiger partial charge in [0.25, 0.3) is 0 Å². The second kappa shape index (κ2) is 6.91. The van der Waals surface area contributed by atoms with Gasteiger partial charge < -0.3 is 5.32 Å². The van der Waals surface area contributed by atoms with Crippen LogP contribution in [-0.2, 0) is 5.75 Å². The molecule has 0 unspecified atom stereocenters. The normalized spacial score (nSPS) is 10.9. The van der Waals surface area contributed by atoms with Gasteiger partial charge in [-0.15, -0.1) is 22.0 Å². The van der Waals surface area contributed by atoms with Gasteiger partial charge >= 0.3 is 0 Å². The zero-order chi connectivity index (χ0) is 13.7. The van der Waals surface area contributed by atoms with E-state index in [4.69, 9.17) is 0 Å². The molecule has 1 N–H and O–H groups in total. The molecule has 0 aliphatic heterocycles. The third-order valence-corrected chi connectivity index (χ3v) is 4.79. The summed E-state index contributed by atoms with van der Waals surface area (Å²) in [5, 5.41) is 13.4. The highest BCUT2D eigenvalue weighted by Crippen LogP contribution is 2.27. The number of anilines is 1. The molecule has 0 amide bonds. The molecule has 0 aliphatic carbocycles. The van der Waals surface area contributed by atoms with Gasteiger partial charge in [-0.25, -0.2) is 0 Å². The lowest BCUT2D eigenvalue weighted by atomic mass is 10.0. The Morgan fingerprint density at radius 2 is 1.95 bits per heavy atom. The van der Waals surface area contributed by atoms with E-state index in [0.29, 0.717) is 5.92 Å². The highest BCUT2D eigenvalue weighted by molar-refractivity contribution is 7.98. The van der Waals surface area contributed by atoms with Crippen molar-refractivity contribution < 1.29 is 0 Å². The van der Waals surface area contributed by atoms with E-state index in [1.165, 1.54) is 10.5 Å². The zero-order valence-corrected chi connectivity index (χ0v) is 13.1. The van der Waals surface area contributed by atoms with Crippen molar-refractivity contribution >= 4 is 28.2 Å². The first-order chi connectivity index (χ1) is 9.19. The Morgan fingerprint density at radius 3 is 2.58 bits per heavy atom. The molecule has 0 saturated carbocycles. The van der Waals surface area contributed by atoms with Gasteiger partial charge in [0.1, 0.15) is 5.01 Å². The third kappa shape index (κ3) is 4.21. The Bertz CT molecular complexity index is 506. The fourth-order valence-corrected chi connectivity index (χ4v) is 3.32. The number of aromatic nitrogens is 2. The molecule has 5 heteroatoms. The Kier molecular flexibility index (Phi) is 5.22. The SMILES string of the molecule is CCNc1nnc(CSc2ccc(C(C)C)cc2)s1. The molecule has 0 saturated heterocycles. The fourth-order valence-electron chi connectivity index (χ4n) is 1.63. The van der Waals surface area contributed by atoms with Crippen LogP contribution in [0.3, 0.4) is 0 Å². The second-order valence-electron chi connectivity index (χ2n) is 4.54. The Hall–Kier alpha value is -1.07. The summed E-state index contributed by atoms with van der Waals surface area (Å²) >= 11 is 3.44. The average molecular weight is 293 g/mol. The molecule has 3 nitrogen and oxygen atoms in total. The second-order valence-corrected chi connectivity index (χ2v) is 6.65. The molecule has 2 aromatic rings. The predicted octanol–water partition coefficient (Wildman–Crippen LogP) is 4.39. The summed E-state index contributed by atoms with van der Waals surface area (Å²) in [7, 11) is 0. The van der Waals surface area contributed by atoms with Crippen LogP contribution >= 0.6 is 23.1 Å². The lowest BCUT2D eigenvalue weighted by molar-refractivity contribution is 0.865. The van der Waals surface area contributed by atoms with Crippen LogP contribution in [0.1, 0.15) is 37.3 Å². The fraction of sp³-hybridized carbons (Fsp3) is 0.429. The lowest BCUT2D eigenvalue weighted by Gasteiger charge is -2.05. The molecule has 19 heavy (non-hydrogen) atoms. The van der Waals surface area contributed by atoms with Crippen LogP contribution in [0.4, 0.5) is 5.13 Å². The van der Waals surface area contributed by atoms with Gasteiger partial charge in [0.2, 0.25) is 5.13 Å². The summed E-state index contributed by atoms with van der Waals surface area (Å²) < 4.78 is 0. The molecule has 1 aromatic carbocycles. The van der Waals surface area contributed by atoms with E-state index in [1.807, 2.05) is 0 Å². The third-order valence-electron chi connectivity index (χ3n) is 2.70. The minimum Gasteiger partial charge on any atom is -0.360 e. The zero-order valence-electron chi connectivity index (χ0n) is 11.5. The van der Waals surface area contributed by atoms with Gasteiger partial charge in [-0.2, -0.15) is 0 Å². The van der Waals surface area contributed by atoms with E-state index in [2.05, 4.69) is 60.6 Å². The van der Waals surface area contributed by atoms with Gasteiger partial charge in [0.05, 0.1) is 5.75 Å². The summed E-state index contributed by atoms with van der Waals surface area (Å²) in [4.78, 5) is 1.28. The van der Waals surface area contributed by atoms with Gasteiger partial charge in [0, 0.05) is 11.4 Å². The maximum atomic E-state index is 4.18. The molecule has 0 atom stereocenters. The van der Waals surface area contributed by atoms with E-state index in [-0.39, 0.29) is 0 Å². The molecular weight excluding hydrogens is 274 g/mol. The van der Waals surface area contributed by atoms with E-state index in [9.17, 15) is 0 Å². The molecule has 1 heterocycles. The Labute approximate surface area is 122 Å². The summed E-state index contributed by atoms with van der Waals surface area (Å²) in [6, 6.07) is 8.78. The van der Waals surface area contributed by atoms with Crippen LogP contribution in [0.15, 0.2) is 29.2 Å². The van der Waals surface area contributed by atoms with Gasteiger partial charge in [0.15, 0.2) is 0 Å². The van der Waals surface area contributed by atoms with Crippen LogP contribution in [-0.4, -0.2) is 16.7 Å². The number of benzene rings is 1. The van der Waals surface area contributed by atoms with Gasteiger partial charge in [-0.1, -0.05) is 37.3 Å². The first kappa shape index (κ1) is 14.3. The van der Waals surface area contributed by atoms with Gasteiger partial charge in [-0.05, 0) is 30.5 Å². The minimum absolute atomic E-state index is 0.588. The quantitative estimate of drug-likeness (QED) is 0.802. The number of rotatable bonds is 6. The lowest BCUT2D eigenvalue weighted by Crippen LogP contribution is -1.94. The minimum atomic E-state index is 0.588. The van der Waals surface area contributed by atoms with Crippen LogP contribution in [0, 0.1) is 0 Å². The first-order valence-corrected chi connectivity index (χ1v) is 8.28. The van der Waals surface area contributed by atoms with E-state index in [0.717, 1.165) is 22.4 Å². The smallest absolute Gasteiger partial charge is 0.205 e. The van der Waals surface area contributed by atoms with E-state index < -0.39 is 0 Å². The number of nitrogens with one attached hydrogen (secondary N) is 1. The van der Waals surface area contributed by atoms with Crippen LogP contribution in [0.25, 0.3) is 0 Å². The highest BCUT2D eigenvalue weighted by atomic mass is 32.2.